The van der Waals surface area contributed by atoms with E-state index in [2.05, 4.69) is 9.88 Å². The van der Waals surface area contributed by atoms with E-state index in [0.717, 1.165) is 38.0 Å². The Bertz CT molecular complexity index is 767. The van der Waals surface area contributed by atoms with Crippen LogP contribution < -0.4 is 4.90 Å². The summed E-state index contributed by atoms with van der Waals surface area (Å²) in [4.78, 5) is 20.7. The minimum Gasteiger partial charge on any atom is -0.439 e. The van der Waals surface area contributed by atoms with E-state index in [1.54, 1.807) is 11.1 Å². The van der Waals surface area contributed by atoms with Crippen LogP contribution in [0.4, 0.5) is 10.8 Å². The topological polar surface area (TPSA) is 58.8 Å². The number of piperidine rings is 3. The third-order valence-corrected chi connectivity index (χ3v) is 5.54. The van der Waals surface area contributed by atoms with Crippen molar-refractivity contribution in [3.63, 3.8) is 0 Å². The molecule has 24 heavy (non-hydrogen) atoms. The van der Waals surface area contributed by atoms with E-state index in [-0.39, 0.29) is 6.09 Å². The lowest BCUT2D eigenvalue weighted by Crippen LogP contribution is -2.61. The summed E-state index contributed by atoms with van der Waals surface area (Å²) < 4.78 is 11.7. The van der Waals surface area contributed by atoms with Crippen LogP contribution in [0.1, 0.15) is 12.8 Å². The number of ether oxygens (including phenoxy) is 1. The molecule has 6 heteroatoms. The van der Waals surface area contributed by atoms with Crippen LogP contribution in [0.3, 0.4) is 0 Å². The van der Waals surface area contributed by atoms with Crippen LogP contribution in [0.5, 0.6) is 0 Å². The van der Waals surface area contributed by atoms with E-state index in [9.17, 15) is 4.79 Å². The lowest BCUT2D eigenvalue weighted by molar-refractivity contribution is -0.0881. The maximum atomic E-state index is 12.5. The van der Waals surface area contributed by atoms with Crippen LogP contribution >= 0.6 is 0 Å². The van der Waals surface area contributed by atoms with Crippen LogP contribution in [0, 0.1) is 5.92 Å². The average molecular weight is 325 g/mol. The molecular formula is C18H19N3O3. The highest BCUT2D eigenvalue weighted by Crippen LogP contribution is 2.43. The summed E-state index contributed by atoms with van der Waals surface area (Å²) in [5, 5.41) is 0. The molecule has 1 spiro atoms. The second-order valence-corrected chi connectivity index (χ2v) is 6.94. The first-order chi connectivity index (χ1) is 11.7. The first-order valence-electron chi connectivity index (χ1n) is 8.48. The van der Waals surface area contributed by atoms with Crippen molar-refractivity contribution in [3.8, 4) is 11.3 Å². The number of anilines is 1. The van der Waals surface area contributed by atoms with E-state index < -0.39 is 5.60 Å². The third-order valence-electron chi connectivity index (χ3n) is 5.54. The molecule has 4 aliphatic rings. The Hall–Kier alpha value is -2.34. The van der Waals surface area contributed by atoms with Crippen molar-refractivity contribution in [2.75, 3.05) is 31.1 Å². The fraction of sp³-hybridized carbons (Fsp3) is 0.444. The largest absolute Gasteiger partial charge is 0.439 e. The zero-order chi connectivity index (χ0) is 16.1. The number of amides is 1. The number of aromatic nitrogens is 1. The predicted molar refractivity (Wildman–Crippen MR) is 87.7 cm³/mol. The minimum absolute atomic E-state index is 0.326. The predicted octanol–water partition coefficient (Wildman–Crippen LogP) is 2.76. The molecule has 6 rings (SSSR count). The maximum absolute atomic E-state index is 12.5. The van der Waals surface area contributed by atoms with E-state index in [1.165, 1.54) is 0 Å². The van der Waals surface area contributed by atoms with Gasteiger partial charge in [0.05, 0.1) is 12.7 Å². The summed E-state index contributed by atoms with van der Waals surface area (Å²) in [5.74, 6) is 1.10. The molecule has 0 radical (unpaired) electrons. The van der Waals surface area contributed by atoms with E-state index >= 15 is 0 Å². The zero-order valence-electron chi connectivity index (χ0n) is 13.4. The molecule has 6 nitrogen and oxygen atoms in total. The van der Waals surface area contributed by atoms with Gasteiger partial charge in [0.15, 0.2) is 5.76 Å². The smallest absolute Gasteiger partial charge is 0.418 e. The Morgan fingerprint density at radius 2 is 1.92 bits per heavy atom. The van der Waals surface area contributed by atoms with Crippen molar-refractivity contribution in [2.24, 2.45) is 5.92 Å². The molecule has 1 amide bonds. The highest BCUT2D eigenvalue weighted by Gasteiger charge is 2.56. The maximum Gasteiger partial charge on any atom is 0.418 e. The van der Waals surface area contributed by atoms with Crippen LogP contribution in [-0.2, 0) is 4.74 Å². The Morgan fingerprint density at radius 3 is 2.62 bits per heavy atom. The van der Waals surface area contributed by atoms with Gasteiger partial charge in [-0.3, -0.25) is 4.90 Å². The molecule has 2 bridgehead atoms. The molecule has 0 aliphatic carbocycles. The number of benzene rings is 1. The van der Waals surface area contributed by atoms with Gasteiger partial charge < -0.3 is 9.15 Å². The number of oxazole rings is 1. The molecule has 0 N–H and O–H groups in total. The number of hydrogen-bond acceptors (Lipinski definition) is 5. The first kappa shape index (κ1) is 14.0. The van der Waals surface area contributed by atoms with E-state index in [1.807, 2.05) is 30.3 Å². The van der Waals surface area contributed by atoms with Gasteiger partial charge in [-0.25, -0.2) is 14.7 Å². The molecule has 124 valence electrons. The molecule has 1 aromatic carbocycles. The highest BCUT2D eigenvalue weighted by atomic mass is 16.6. The lowest BCUT2D eigenvalue weighted by atomic mass is 9.75. The fourth-order valence-electron chi connectivity index (χ4n) is 4.28. The monoisotopic (exact) mass is 325 g/mol. The molecule has 4 aliphatic heterocycles. The molecule has 0 unspecified atom stereocenters. The summed E-state index contributed by atoms with van der Waals surface area (Å²) in [5.41, 5.74) is 0.552. The molecule has 1 aromatic heterocycles. The molecule has 1 atom stereocenters. The summed E-state index contributed by atoms with van der Waals surface area (Å²) in [6.07, 6.45) is 3.52. The van der Waals surface area contributed by atoms with Gasteiger partial charge in [-0.15, -0.1) is 0 Å². The van der Waals surface area contributed by atoms with Crippen molar-refractivity contribution < 1.29 is 13.9 Å². The standard InChI is InChI=1S/C18H19N3O3/c22-17-21(12-18(24-17)11-20-8-6-14(18)7-9-20)16-19-10-15(23-16)13-4-2-1-3-5-13/h1-5,10,14H,6-9,11-12H2/t18-/m0/s1. The Kier molecular flexibility index (Phi) is 2.97. The quantitative estimate of drug-likeness (QED) is 0.850. The van der Waals surface area contributed by atoms with Gasteiger partial charge in [-0.05, 0) is 25.9 Å². The van der Waals surface area contributed by atoms with Crippen LogP contribution in [0.25, 0.3) is 11.3 Å². The van der Waals surface area contributed by atoms with Crippen molar-refractivity contribution in [3.05, 3.63) is 36.5 Å². The number of carbonyl (C=O) groups is 1. The van der Waals surface area contributed by atoms with Gasteiger partial charge >= 0.3 is 12.1 Å². The zero-order valence-corrected chi connectivity index (χ0v) is 13.4. The van der Waals surface area contributed by atoms with Crippen molar-refractivity contribution in [1.29, 1.82) is 0 Å². The third kappa shape index (κ3) is 2.06. The summed E-state index contributed by atoms with van der Waals surface area (Å²) in [7, 11) is 0. The van der Waals surface area contributed by atoms with Gasteiger partial charge in [0.2, 0.25) is 0 Å². The summed E-state index contributed by atoms with van der Waals surface area (Å²) in [6, 6.07) is 10.1. The molecule has 0 saturated carbocycles. The fourth-order valence-corrected chi connectivity index (χ4v) is 4.28. The van der Waals surface area contributed by atoms with Gasteiger partial charge in [0, 0.05) is 18.0 Å². The molecule has 4 fully saturated rings. The number of nitrogens with zero attached hydrogens (tertiary/aromatic N) is 3. The molecule has 4 saturated heterocycles. The van der Waals surface area contributed by atoms with Crippen molar-refractivity contribution >= 4 is 12.1 Å². The summed E-state index contributed by atoms with van der Waals surface area (Å²) in [6.45, 7) is 3.58. The van der Waals surface area contributed by atoms with Crippen molar-refractivity contribution in [2.45, 2.75) is 18.4 Å². The Morgan fingerprint density at radius 1 is 1.12 bits per heavy atom. The minimum atomic E-state index is -0.394. The molecule has 5 heterocycles. The van der Waals surface area contributed by atoms with Gasteiger partial charge in [0.25, 0.3) is 0 Å². The van der Waals surface area contributed by atoms with Crippen LogP contribution in [-0.4, -0.2) is 47.8 Å². The highest BCUT2D eigenvalue weighted by molar-refractivity contribution is 5.88. The normalized spacial score (nSPS) is 31.7. The SMILES string of the molecule is O=C1O[C@@]2(CN3CCC2CC3)CN1c1ncc(-c2ccccc2)o1. The number of rotatable bonds is 2. The Balaban J connectivity index is 1.42. The van der Waals surface area contributed by atoms with Crippen molar-refractivity contribution in [1.82, 2.24) is 9.88 Å². The first-order valence-corrected chi connectivity index (χ1v) is 8.48. The molecular weight excluding hydrogens is 306 g/mol. The van der Waals surface area contributed by atoms with Crippen LogP contribution in [0.15, 0.2) is 40.9 Å². The van der Waals surface area contributed by atoms with Gasteiger partial charge in [0.1, 0.15) is 5.60 Å². The number of hydrogen-bond donors (Lipinski definition) is 0. The van der Waals surface area contributed by atoms with E-state index in [0.29, 0.717) is 24.2 Å². The summed E-state index contributed by atoms with van der Waals surface area (Å²) >= 11 is 0. The van der Waals surface area contributed by atoms with E-state index in [4.69, 9.17) is 9.15 Å². The number of fused-ring (bicyclic) bond motifs is 2. The Labute approximate surface area is 140 Å². The van der Waals surface area contributed by atoms with Crippen LogP contribution in [0.2, 0.25) is 0 Å². The lowest BCUT2D eigenvalue weighted by Gasteiger charge is -2.49. The molecule has 2 aromatic rings. The average Bonchev–Trinajstić information content (AvgIpc) is 3.22. The second-order valence-electron chi connectivity index (χ2n) is 6.94. The van der Waals surface area contributed by atoms with Gasteiger partial charge in [-0.2, -0.15) is 0 Å². The van der Waals surface area contributed by atoms with Gasteiger partial charge in [-0.1, -0.05) is 30.3 Å². The second kappa shape index (κ2) is 5.08. The number of carbonyl (C=O) groups excluding carboxylic acids is 1.